The summed E-state index contributed by atoms with van der Waals surface area (Å²) < 4.78 is 11.3. The Bertz CT molecular complexity index is 2320. The van der Waals surface area contributed by atoms with Gasteiger partial charge in [0.25, 0.3) is 0 Å². The summed E-state index contributed by atoms with van der Waals surface area (Å²) in [4.78, 5) is 149. The van der Waals surface area contributed by atoms with E-state index < -0.39 is 126 Å². The highest BCUT2D eigenvalue weighted by molar-refractivity contribution is 8.13. The number of likely N-dealkylation sites (N-methyl/N-ethyl adjacent to an activating group) is 6. The predicted octanol–water partition coefficient (Wildman–Crippen LogP) is 7.18. The maximum atomic E-state index is 15.3. The van der Waals surface area contributed by atoms with Crippen LogP contribution in [0, 0.1) is 29.6 Å². The first kappa shape index (κ1) is 74.0. The predicted molar refractivity (Wildman–Crippen MR) is 322 cm³/mol. The lowest BCUT2D eigenvalue weighted by molar-refractivity contribution is -0.164. The maximum absolute atomic E-state index is 15.3. The Hall–Kier alpha value is -5.99. The Morgan fingerprint density at radius 3 is 1.57 bits per heavy atom. The van der Waals surface area contributed by atoms with Gasteiger partial charge in [-0.25, -0.2) is 4.79 Å². The van der Waals surface area contributed by atoms with Crippen LogP contribution < -0.4 is 10.6 Å². The van der Waals surface area contributed by atoms with Crippen LogP contribution in [0.25, 0.3) is 0 Å². The van der Waals surface area contributed by atoms with E-state index in [1.165, 1.54) is 80.6 Å². The number of allylic oxidation sites excluding steroid dienone is 2. The van der Waals surface area contributed by atoms with Gasteiger partial charge in [-0.05, 0) is 102 Å². The van der Waals surface area contributed by atoms with Gasteiger partial charge in [0.2, 0.25) is 46.5 Å². The SMILES string of the molecule is C/C=C/C[C@@H](C)[C@@H](OC(C)=O)[C@@H](C(=O)N[C@@H](CC)C(=O)N(C)CC(=O)N(C)[C@@H](CC(C)C)C(=O)SCc1ccccc1)N(C)C(=O)[C@H](C(C)C)N(C)C(=O)[C@H](CC(C)C)N(C)C(=O)[C@H](CC(C)C)N(C)C(=O)[C@@H](C)NC(=O)OC(C)(C)C. The molecule has 0 unspecified atom stereocenters. The molecule has 1 aromatic carbocycles. The average Bonchev–Trinajstić information content (AvgIpc) is 3.60. The summed E-state index contributed by atoms with van der Waals surface area (Å²) in [6.45, 7) is 27.5. The number of nitrogens with zero attached hydrogens (tertiary/aromatic N) is 6. The van der Waals surface area contributed by atoms with Crippen molar-refractivity contribution in [1.82, 2.24) is 40.0 Å². The van der Waals surface area contributed by atoms with Crippen molar-refractivity contribution in [2.75, 3.05) is 48.8 Å². The number of carbonyl (C=O) groups excluding carboxylic acids is 10. The molecule has 21 heteroatoms. The fourth-order valence-electron chi connectivity index (χ4n) is 9.58. The zero-order valence-electron chi connectivity index (χ0n) is 53.5. The summed E-state index contributed by atoms with van der Waals surface area (Å²) in [5.74, 6) is -5.98. The molecule has 0 aliphatic carbocycles. The molecule has 0 heterocycles. The zero-order valence-corrected chi connectivity index (χ0v) is 54.3. The summed E-state index contributed by atoms with van der Waals surface area (Å²) in [6.07, 6.45) is 2.70. The highest BCUT2D eigenvalue weighted by Gasteiger charge is 2.46. The number of alkyl carbamates (subject to hydrolysis) is 1. The molecule has 0 aliphatic heterocycles. The highest BCUT2D eigenvalue weighted by Crippen LogP contribution is 2.27. The molecule has 0 bridgehead atoms. The third-order valence-electron chi connectivity index (χ3n) is 14.1. The molecular weight excluding hydrogens is 1070 g/mol. The molecule has 0 saturated carbocycles. The average molecular weight is 1170 g/mol. The molecule has 0 saturated heterocycles. The summed E-state index contributed by atoms with van der Waals surface area (Å²) in [7, 11) is 8.74. The smallest absolute Gasteiger partial charge is 0.408 e. The van der Waals surface area contributed by atoms with Gasteiger partial charge in [0.15, 0.2) is 0 Å². The molecular formula is C61H102N8O12S. The number of hydrogen-bond donors (Lipinski definition) is 2. The van der Waals surface area contributed by atoms with Crippen molar-refractivity contribution in [1.29, 1.82) is 0 Å². The number of nitrogens with one attached hydrogen (secondary N) is 2. The fraction of sp³-hybridized carbons (Fsp3) is 0.705. The van der Waals surface area contributed by atoms with Crippen LogP contribution in [-0.2, 0) is 58.4 Å². The third-order valence-corrected chi connectivity index (χ3v) is 15.2. The minimum absolute atomic E-state index is 0.0551. The van der Waals surface area contributed by atoms with Crippen LogP contribution in [-0.4, -0.2) is 191 Å². The summed E-state index contributed by atoms with van der Waals surface area (Å²) >= 11 is 1.12. The Morgan fingerprint density at radius 1 is 0.622 bits per heavy atom. The quantitative estimate of drug-likeness (QED) is 0.0555. The first-order valence-electron chi connectivity index (χ1n) is 28.8. The van der Waals surface area contributed by atoms with Gasteiger partial charge in [0.05, 0.1) is 6.54 Å². The standard InChI is InChI=1S/C61H102N8O12S/c1-23-25-29-41(11)52(80-43(13)70)51(53(72)63-45(24-2)55(74)64(17)35-49(71)65(18)48(34-39(7)8)59(78)82-36-44-30-27-26-28-31-44)69(22)58(77)50(40(9)10)68(21)57(76)47(33-38(5)6)67(20)56(75)46(32-37(3)4)66(19)54(73)42(12)62-60(79)81-61(14,15)16/h23,25-28,30-31,37-42,45-48,50-52H,24,29,32-36H2,1-22H3,(H,62,79)(H,63,72)/b25-23+/t41-,42-,45+,46+,47+,48+,50+,51+,52-/m1/s1. The van der Waals surface area contributed by atoms with Crippen molar-refractivity contribution in [3.63, 3.8) is 0 Å². The van der Waals surface area contributed by atoms with Gasteiger partial charge in [-0.3, -0.25) is 43.2 Å². The number of hydrogen-bond acceptors (Lipinski definition) is 13. The Morgan fingerprint density at radius 2 is 1.11 bits per heavy atom. The van der Waals surface area contributed by atoms with Crippen molar-refractivity contribution in [2.45, 2.75) is 203 Å². The second-order valence-corrected chi connectivity index (χ2v) is 25.3. The van der Waals surface area contributed by atoms with Crippen molar-refractivity contribution in [2.24, 2.45) is 29.6 Å². The third kappa shape index (κ3) is 23.3. The number of rotatable bonds is 31. The molecule has 20 nitrogen and oxygen atoms in total. The Labute approximate surface area is 494 Å². The second kappa shape index (κ2) is 34.6. The maximum Gasteiger partial charge on any atom is 0.408 e. The lowest BCUT2D eigenvalue weighted by Crippen LogP contribution is -2.64. The van der Waals surface area contributed by atoms with E-state index in [0.717, 1.165) is 22.2 Å². The molecule has 82 heavy (non-hydrogen) atoms. The molecule has 0 aliphatic rings. The summed E-state index contributed by atoms with van der Waals surface area (Å²) in [5, 5.41) is 5.17. The van der Waals surface area contributed by atoms with Crippen LogP contribution >= 0.6 is 11.8 Å². The number of thioether (sulfide) groups is 1. The van der Waals surface area contributed by atoms with Gasteiger partial charge in [-0.1, -0.05) is 123 Å². The molecule has 1 aromatic rings. The highest BCUT2D eigenvalue weighted by atomic mass is 32.2. The van der Waals surface area contributed by atoms with E-state index in [1.807, 2.05) is 84.9 Å². The van der Waals surface area contributed by atoms with Crippen LogP contribution in [0.4, 0.5) is 4.79 Å². The van der Waals surface area contributed by atoms with E-state index in [-0.39, 0.29) is 42.1 Å². The molecule has 1 rings (SSSR count). The first-order chi connectivity index (χ1) is 37.9. The van der Waals surface area contributed by atoms with E-state index in [9.17, 15) is 33.6 Å². The lowest BCUT2D eigenvalue weighted by Gasteiger charge is -2.42. The van der Waals surface area contributed by atoms with E-state index in [0.29, 0.717) is 18.6 Å². The van der Waals surface area contributed by atoms with Crippen LogP contribution in [0.1, 0.15) is 148 Å². The van der Waals surface area contributed by atoms with Gasteiger partial charge >= 0.3 is 12.1 Å². The number of carbonyl (C=O) groups is 10. The van der Waals surface area contributed by atoms with E-state index >= 15 is 14.4 Å². The van der Waals surface area contributed by atoms with E-state index in [4.69, 9.17) is 9.47 Å². The normalized spacial score (nSPS) is 15.0. The van der Waals surface area contributed by atoms with Gasteiger partial charge in [0.1, 0.15) is 54.0 Å². The largest absolute Gasteiger partial charge is 0.459 e. The van der Waals surface area contributed by atoms with Gasteiger partial charge in [-0.2, -0.15) is 0 Å². The van der Waals surface area contributed by atoms with Crippen molar-refractivity contribution >= 4 is 70.3 Å². The van der Waals surface area contributed by atoms with Crippen LogP contribution in [0.3, 0.4) is 0 Å². The fourth-order valence-corrected chi connectivity index (χ4v) is 10.5. The van der Waals surface area contributed by atoms with Crippen molar-refractivity contribution in [3.05, 3.63) is 48.0 Å². The van der Waals surface area contributed by atoms with Gasteiger partial charge in [-0.15, -0.1) is 0 Å². The van der Waals surface area contributed by atoms with Crippen LogP contribution in [0.2, 0.25) is 0 Å². The lowest BCUT2D eigenvalue weighted by atomic mass is 9.91. The second-order valence-electron chi connectivity index (χ2n) is 24.4. The zero-order chi connectivity index (χ0) is 63.3. The number of amides is 8. The molecule has 8 amide bonds. The van der Waals surface area contributed by atoms with Gasteiger partial charge < -0.3 is 49.5 Å². The Kier molecular flexibility index (Phi) is 31.2. The Balaban J connectivity index is 3.78. The topological polar surface area (TPSA) is 233 Å². The molecule has 0 radical (unpaired) electrons. The monoisotopic (exact) mass is 1170 g/mol. The first-order valence-corrected chi connectivity index (χ1v) is 29.8. The summed E-state index contributed by atoms with van der Waals surface area (Å²) in [5.41, 5.74) is 0.138. The molecule has 464 valence electrons. The molecule has 9 atom stereocenters. The number of benzene rings is 1. The minimum atomic E-state index is -1.56. The van der Waals surface area contributed by atoms with Crippen LogP contribution in [0.15, 0.2) is 42.5 Å². The number of ether oxygens (including phenoxy) is 2. The van der Waals surface area contributed by atoms with E-state index in [1.54, 1.807) is 54.5 Å². The summed E-state index contributed by atoms with van der Waals surface area (Å²) in [6, 6.07) is 1.43. The molecule has 0 spiro atoms. The van der Waals surface area contributed by atoms with Crippen LogP contribution in [0.5, 0.6) is 0 Å². The molecule has 0 aromatic heterocycles. The van der Waals surface area contributed by atoms with E-state index in [2.05, 4.69) is 10.6 Å². The molecule has 0 fully saturated rings. The van der Waals surface area contributed by atoms with Crippen molar-refractivity contribution in [3.8, 4) is 0 Å². The minimum Gasteiger partial charge on any atom is -0.459 e. The van der Waals surface area contributed by atoms with Gasteiger partial charge in [0, 0.05) is 55.0 Å². The number of esters is 1. The van der Waals surface area contributed by atoms with Crippen molar-refractivity contribution < 1.29 is 57.4 Å². The molecule has 2 N–H and O–H groups in total.